The number of carboxylic acid groups (broad SMARTS) is 1. The first-order valence-electron chi connectivity index (χ1n) is 4.52. The smallest absolute Gasteiger partial charge is 0.306 e. The molecule has 0 saturated heterocycles. The Morgan fingerprint density at radius 1 is 1.38 bits per heavy atom. The monoisotopic (exact) mass is 186 g/mol. The van der Waals surface area contributed by atoms with E-state index < -0.39 is 5.97 Å². The van der Waals surface area contributed by atoms with Crippen molar-refractivity contribution in [1.29, 1.82) is 0 Å². The zero-order valence-electron chi connectivity index (χ0n) is 8.40. The maximum Gasteiger partial charge on any atom is 0.306 e. The van der Waals surface area contributed by atoms with Crippen LogP contribution in [-0.4, -0.2) is 22.3 Å². The van der Waals surface area contributed by atoms with Gasteiger partial charge in [-0.3, -0.25) is 4.79 Å². The fraction of sp³-hybridized carbons (Fsp3) is 0.700. The molecular formula is C10H18O3. The van der Waals surface area contributed by atoms with E-state index in [1.165, 1.54) is 0 Å². The van der Waals surface area contributed by atoms with Gasteiger partial charge in [0.25, 0.3) is 0 Å². The number of rotatable bonds is 5. The molecule has 2 N–H and O–H groups in total. The summed E-state index contributed by atoms with van der Waals surface area (Å²) in [7, 11) is 0. The minimum absolute atomic E-state index is 0.0843. The molecule has 3 nitrogen and oxygen atoms in total. The first kappa shape index (κ1) is 12.2. The second-order valence-corrected chi connectivity index (χ2v) is 3.50. The number of carboxylic acids is 1. The fourth-order valence-electron chi connectivity index (χ4n) is 0.759. The molecule has 0 fully saturated rings. The molecular weight excluding hydrogens is 168 g/mol. The minimum atomic E-state index is -0.783. The lowest BCUT2D eigenvalue weighted by Crippen LogP contribution is -2.11. The average molecular weight is 186 g/mol. The number of carbonyl (C=O) groups is 1. The van der Waals surface area contributed by atoms with Crippen LogP contribution >= 0.6 is 0 Å². The lowest BCUT2D eigenvalue weighted by molar-refractivity contribution is -0.140. The van der Waals surface area contributed by atoms with E-state index in [-0.39, 0.29) is 17.9 Å². The van der Waals surface area contributed by atoms with Gasteiger partial charge in [0.1, 0.15) is 0 Å². The van der Waals surface area contributed by atoms with Crippen molar-refractivity contribution in [2.45, 2.75) is 33.3 Å². The molecule has 0 spiro atoms. The normalized spacial score (nSPS) is 18.5. The topological polar surface area (TPSA) is 57.5 Å². The van der Waals surface area contributed by atoms with Crippen molar-refractivity contribution >= 4 is 5.97 Å². The van der Waals surface area contributed by atoms with E-state index in [9.17, 15) is 4.79 Å². The van der Waals surface area contributed by atoms with Crippen molar-refractivity contribution in [2.75, 3.05) is 0 Å². The highest BCUT2D eigenvalue weighted by Gasteiger charge is 2.08. The van der Waals surface area contributed by atoms with Gasteiger partial charge in [-0.05, 0) is 19.3 Å². The molecule has 0 aromatic carbocycles. The summed E-state index contributed by atoms with van der Waals surface area (Å²) in [5.41, 5.74) is 0. The predicted molar refractivity (Wildman–Crippen MR) is 51.4 cm³/mol. The van der Waals surface area contributed by atoms with Crippen LogP contribution in [0.2, 0.25) is 0 Å². The third kappa shape index (κ3) is 5.42. The molecule has 3 atom stereocenters. The highest BCUT2D eigenvalue weighted by Crippen LogP contribution is 2.07. The Balaban J connectivity index is 3.81. The highest BCUT2D eigenvalue weighted by molar-refractivity contribution is 5.69. The van der Waals surface area contributed by atoms with Gasteiger partial charge in [-0.25, -0.2) is 0 Å². The fourth-order valence-corrected chi connectivity index (χ4v) is 0.759. The predicted octanol–water partition coefficient (Wildman–Crippen LogP) is 1.67. The van der Waals surface area contributed by atoms with Gasteiger partial charge >= 0.3 is 5.97 Å². The lowest BCUT2D eigenvalue weighted by Gasteiger charge is -2.09. The largest absolute Gasteiger partial charge is 0.481 e. The van der Waals surface area contributed by atoms with Crippen LogP contribution in [0.5, 0.6) is 0 Å². The van der Waals surface area contributed by atoms with E-state index in [0.717, 1.165) is 0 Å². The second-order valence-electron chi connectivity index (χ2n) is 3.50. The molecule has 0 amide bonds. The average Bonchev–Trinajstić information content (AvgIpc) is 2.03. The number of hydrogen-bond acceptors (Lipinski definition) is 2. The Hall–Kier alpha value is -0.830. The van der Waals surface area contributed by atoms with Crippen LogP contribution in [-0.2, 0) is 4.79 Å². The summed E-state index contributed by atoms with van der Waals surface area (Å²) in [6.07, 6.45) is 3.81. The van der Waals surface area contributed by atoms with Gasteiger partial charge in [0.2, 0.25) is 0 Å². The molecule has 0 unspecified atom stereocenters. The lowest BCUT2D eigenvalue weighted by atomic mass is 10.0. The molecule has 0 radical (unpaired) electrons. The molecule has 0 heterocycles. The summed E-state index contributed by atoms with van der Waals surface area (Å²) in [5.74, 6) is -1.05. The van der Waals surface area contributed by atoms with Crippen molar-refractivity contribution in [3.63, 3.8) is 0 Å². The maximum absolute atomic E-state index is 10.4. The Morgan fingerprint density at radius 3 is 2.31 bits per heavy atom. The highest BCUT2D eigenvalue weighted by atomic mass is 16.4. The quantitative estimate of drug-likeness (QED) is 0.642. The number of aliphatic hydroxyl groups is 1. The van der Waals surface area contributed by atoms with Crippen molar-refractivity contribution in [1.82, 2.24) is 0 Å². The molecule has 0 aliphatic rings. The van der Waals surface area contributed by atoms with Gasteiger partial charge in [0.05, 0.1) is 12.0 Å². The minimum Gasteiger partial charge on any atom is -0.481 e. The Bertz CT molecular complexity index is 185. The van der Waals surface area contributed by atoms with E-state index in [0.29, 0.717) is 6.42 Å². The van der Waals surface area contributed by atoms with E-state index in [1.807, 2.05) is 19.1 Å². The van der Waals surface area contributed by atoms with Crippen molar-refractivity contribution in [3.8, 4) is 0 Å². The van der Waals surface area contributed by atoms with Crippen LogP contribution in [0, 0.1) is 11.8 Å². The van der Waals surface area contributed by atoms with E-state index in [2.05, 4.69) is 0 Å². The van der Waals surface area contributed by atoms with Gasteiger partial charge in [0, 0.05) is 0 Å². The summed E-state index contributed by atoms with van der Waals surface area (Å²) < 4.78 is 0. The summed E-state index contributed by atoms with van der Waals surface area (Å²) >= 11 is 0. The van der Waals surface area contributed by atoms with E-state index in [1.54, 1.807) is 13.8 Å². The van der Waals surface area contributed by atoms with E-state index >= 15 is 0 Å². The van der Waals surface area contributed by atoms with Crippen LogP contribution < -0.4 is 0 Å². The molecule has 3 heteroatoms. The van der Waals surface area contributed by atoms with Crippen molar-refractivity contribution in [2.24, 2.45) is 11.8 Å². The zero-order valence-corrected chi connectivity index (χ0v) is 8.40. The maximum atomic E-state index is 10.4. The molecule has 0 aromatic rings. The van der Waals surface area contributed by atoms with E-state index in [4.69, 9.17) is 10.2 Å². The van der Waals surface area contributed by atoms with Gasteiger partial charge < -0.3 is 10.2 Å². The Labute approximate surface area is 79.1 Å². The Kier molecular flexibility index (Phi) is 5.39. The van der Waals surface area contributed by atoms with Gasteiger partial charge in [-0.15, -0.1) is 0 Å². The van der Waals surface area contributed by atoms with Gasteiger partial charge in [-0.1, -0.05) is 26.0 Å². The van der Waals surface area contributed by atoms with Crippen LogP contribution in [0.15, 0.2) is 12.2 Å². The molecule has 0 bridgehead atoms. The summed E-state index contributed by atoms with van der Waals surface area (Å²) in [4.78, 5) is 10.4. The van der Waals surface area contributed by atoms with Crippen molar-refractivity contribution in [3.05, 3.63) is 12.2 Å². The first-order chi connectivity index (χ1) is 5.95. The SMILES string of the molecule is C[C@H](O)[C@H](C)/C=C/C[C@H](C)C(=O)O. The standard InChI is InChI=1S/C10H18O3/c1-7(9(3)11)5-4-6-8(2)10(12)13/h4-5,7-9,11H,6H2,1-3H3,(H,12,13)/b5-4+/t7-,8+,9+/m1/s1. The molecule has 13 heavy (non-hydrogen) atoms. The zero-order chi connectivity index (χ0) is 10.4. The Morgan fingerprint density at radius 2 is 1.92 bits per heavy atom. The van der Waals surface area contributed by atoms with Crippen LogP contribution in [0.1, 0.15) is 27.2 Å². The second kappa shape index (κ2) is 5.75. The van der Waals surface area contributed by atoms with Crippen LogP contribution in [0.25, 0.3) is 0 Å². The molecule has 0 saturated carbocycles. The summed E-state index contributed by atoms with van der Waals surface area (Å²) in [5, 5.41) is 17.7. The van der Waals surface area contributed by atoms with Crippen LogP contribution in [0.3, 0.4) is 0 Å². The third-order valence-electron chi connectivity index (χ3n) is 2.11. The number of aliphatic carboxylic acids is 1. The molecule has 0 aliphatic heterocycles. The molecule has 76 valence electrons. The molecule has 0 aliphatic carbocycles. The van der Waals surface area contributed by atoms with Crippen molar-refractivity contribution < 1.29 is 15.0 Å². The third-order valence-corrected chi connectivity index (χ3v) is 2.11. The first-order valence-corrected chi connectivity index (χ1v) is 4.52. The summed E-state index contributed by atoms with van der Waals surface area (Å²) in [6.45, 7) is 5.28. The molecule has 0 rings (SSSR count). The van der Waals surface area contributed by atoms with Gasteiger partial charge in [0.15, 0.2) is 0 Å². The number of hydrogen-bond donors (Lipinski definition) is 2. The number of aliphatic hydroxyl groups excluding tert-OH is 1. The molecule has 0 aromatic heterocycles. The van der Waals surface area contributed by atoms with Gasteiger partial charge in [-0.2, -0.15) is 0 Å². The number of allylic oxidation sites excluding steroid dienone is 1. The van der Waals surface area contributed by atoms with Crippen LogP contribution in [0.4, 0.5) is 0 Å². The summed E-state index contributed by atoms with van der Waals surface area (Å²) in [6, 6.07) is 0.